The van der Waals surface area contributed by atoms with Gasteiger partial charge in [-0.1, -0.05) is 30.4 Å². The number of likely N-dealkylation sites (tertiary alicyclic amines) is 1. The summed E-state index contributed by atoms with van der Waals surface area (Å²) in [6.45, 7) is 2.15. The molecule has 0 radical (unpaired) electrons. The zero-order valence-electron chi connectivity index (χ0n) is 13.0. The number of urea groups is 1. The highest BCUT2D eigenvalue weighted by atomic mass is 16.2. The number of nitrogens with zero attached hydrogens (tertiary/aromatic N) is 1. The first-order valence-corrected chi connectivity index (χ1v) is 8.34. The van der Waals surface area contributed by atoms with Gasteiger partial charge in [-0.2, -0.15) is 0 Å². The lowest BCUT2D eigenvalue weighted by molar-refractivity contribution is 0.158. The van der Waals surface area contributed by atoms with Gasteiger partial charge in [0.25, 0.3) is 0 Å². The molecule has 0 aromatic heterocycles. The molecule has 0 bridgehead atoms. The van der Waals surface area contributed by atoms with Gasteiger partial charge in [-0.3, -0.25) is 4.90 Å². The molecule has 2 aliphatic rings. The number of hydrogen-bond acceptors (Lipinski definition) is 2. The third-order valence-corrected chi connectivity index (χ3v) is 4.59. The molecule has 1 heterocycles. The molecule has 0 spiro atoms. The van der Waals surface area contributed by atoms with Crippen LogP contribution >= 0.6 is 0 Å². The maximum absolute atomic E-state index is 12.0. The van der Waals surface area contributed by atoms with Gasteiger partial charge in [0.1, 0.15) is 0 Å². The Morgan fingerprint density at radius 1 is 1.09 bits per heavy atom. The van der Waals surface area contributed by atoms with Crippen molar-refractivity contribution in [2.75, 3.05) is 18.4 Å². The van der Waals surface area contributed by atoms with E-state index in [2.05, 4.69) is 27.7 Å². The molecule has 4 nitrogen and oxygen atoms in total. The molecule has 0 unspecified atom stereocenters. The van der Waals surface area contributed by atoms with Crippen molar-refractivity contribution < 1.29 is 4.79 Å². The number of benzene rings is 1. The lowest BCUT2D eigenvalue weighted by Gasteiger charge is -2.37. The van der Waals surface area contributed by atoms with Crippen molar-refractivity contribution in [2.45, 2.75) is 44.2 Å². The minimum atomic E-state index is -0.0952. The van der Waals surface area contributed by atoms with Gasteiger partial charge in [0, 0.05) is 30.9 Å². The van der Waals surface area contributed by atoms with Crippen LogP contribution in [0.15, 0.2) is 42.5 Å². The molecule has 3 rings (SSSR count). The second-order valence-corrected chi connectivity index (χ2v) is 6.20. The van der Waals surface area contributed by atoms with Crippen molar-refractivity contribution in [3.05, 3.63) is 42.5 Å². The predicted octanol–water partition coefficient (Wildman–Crippen LogP) is 3.38. The molecule has 1 fully saturated rings. The summed E-state index contributed by atoms with van der Waals surface area (Å²) in [4.78, 5) is 14.6. The van der Waals surface area contributed by atoms with E-state index in [4.69, 9.17) is 0 Å². The van der Waals surface area contributed by atoms with Crippen LogP contribution in [0.5, 0.6) is 0 Å². The van der Waals surface area contributed by atoms with Crippen LogP contribution in [0.4, 0.5) is 10.5 Å². The lowest BCUT2D eigenvalue weighted by atomic mass is 9.97. The second-order valence-electron chi connectivity index (χ2n) is 6.20. The molecule has 2 amide bonds. The Bertz CT molecular complexity index is 506. The minimum absolute atomic E-state index is 0.0952. The van der Waals surface area contributed by atoms with E-state index in [0.29, 0.717) is 6.04 Å². The molecule has 0 saturated carbocycles. The number of allylic oxidation sites excluding steroid dienone is 1. The number of amides is 2. The lowest BCUT2D eigenvalue weighted by Crippen LogP contribution is -2.48. The summed E-state index contributed by atoms with van der Waals surface area (Å²) < 4.78 is 0. The number of carbonyl (C=O) groups is 1. The first-order valence-electron chi connectivity index (χ1n) is 8.34. The quantitative estimate of drug-likeness (QED) is 0.840. The van der Waals surface area contributed by atoms with E-state index in [-0.39, 0.29) is 12.1 Å². The summed E-state index contributed by atoms with van der Waals surface area (Å²) in [6, 6.07) is 10.4. The number of piperidine rings is 1. The van der Waals surface area contributed by atoms with Crippen LogP contribution in [0.1, 0.15) is 32.1 Å². The van der Waals surface area contributed by atoms with Crippen LogP contribution in [0, 0.1) is 0 Å². The van der Waals surface area contributed by atoms with Crippen molar-refractivity contribution in [2.24, 2.45) is 0 Å². The van der Waals surface area contributed by atoms with Crippen LogP contribution in [0.3, 0.4) is 0 Å². The Hall–Kier alpha value is -1.81. The van der Waals surface area contributed by atoms with Gasteiger partial charge in [-0.25, -0.2) is 4.79 Å². The van der Waals surface area contributed by atoms with Crippen LogP contribution in [0.2, 0.25) is 0 Å². The highest BCUT2D eigenvalue weighted by molar-refractivity contribution is 5.89. The van der Waals surface area contributed by atoms with Gasteiger partial charge < -0.3 is 10.6 Å². The van der Waals surface area contributed by atoms with E-state index in [0.717, 1.165) is 31.6 Å². The first kappa shape index (κ1) is 15.1. The number of para-hydroxylation sites is 1. The van der Waals surface area contributed by atoms with Crippen LogP contribution in [0.25, 0.3) is 0 Å². The molecule has 22 heavy (non-hydrogen) atoms. The van der Waals surface area contributed by atoms with Gasteiger partial charge in [-0.15, -0.1) is 0 Å². The fourth-order valence-corrected chi connectivity index (χ4v) is 3.35. The maximum atomic E-state index is 12.0. The SMILES string of the molecule is O=C(Nc1ccccc1)NC1CCN([C@@H]2C=CCCC2)CC1. The molecule has 2 N–H and O–H groups in total. The summed E-state index contributed by atoms with van der Waals surface area (Å²) in [5, 5.41) is 5.99. The van der Waals surface area contributed by atoms with Crippen LogP contribution in [-0.4, -0.2) is 36.1 Å². The summed E-state index contributed by atoms with van der Waals surface area (Å²) in [7, 11) is 0. The largest absolute Gasteiger partial charge is 0.335 e. The first-order chi connectivity index (χ1) is 10.8. The van der Waals surface area contributed by atoms with Crippen molar-refractivity contribution in [3.8, 4) is 0 Å². The Morgan fingerprint density at radius 2 is 1.86 bits per heavy atom. The molecular formula is C18H25N3O. The summed E-state index contributed by atoms with van der Waals surface area (Å²) in [6.07, 6.45) is 10.6. The number of hydrogen-bond donors (Lipinski definition) is 2. The molecule has 4 heteroatoms. The third-order valence-electron chi connectivity index (χ3n) is 4.59. The highest BCUT2D eigenvalue weighted by Gasteiger charge is 2.25. The molecule has 1 atom stereocenters. The molecule has 1 saturated heterocycles. The fraction of sp³-hybridized carbons (Fsp3) is 0.500. The smallest absolute Gasteiger partial charge is 0.319 e. The molecule has 1 aromatic carbocycles. The van der Waals surface area contributed by atoms with E-state index >= 15 is 0 Å². The average Bonchev–Trinajstić information content (AvgIpc) is 2.57. The zero-order chi connectivity index (χ0) is 15.2. The second kappa shape index (κ2) is 7.45. The van der Waals surface area contributed by atoms with Crippen molar-refractivity contribution in [3.63, 3.8) is 0 Å². The molecule has 1 aromatic rings. The highest BCUT2D eigenvalue weighted by Crippen LogP contribution is 2.21. The number of carbonyl (C=O) groups excluding carboxylic acids is 1. The van der Waals surface area contributed by atoms with Crippen molar-refractivity contribution >= 4 is 11.7 Å². The number of rotatable bonds is 3. The Morgan fingerprint density at radius 3 is 2.55 bits per heavy atom. The molecule has 1 aliphatic carbocycles. The molecular weight excluding hydrogens is 274 g/mol. The van der Waals surface area contributed by atoms with Gasteiger partial charge in [0.2, 0.25) is 0 Å². The summed E-state index contributed by atoms with van der Waals surface area (Å²) >= 11 is 0. The normalized spacial score (nSPS) is 23.2. The van der Waals surface area contributed by atoms with Gasteiger partial charge in [-0.05, 0) is 44.2 Å². The average molecular weight is 299 g/mol. The van der Waals surface area contributed by atoms with Crippen LogP contribution in [-0.2, 0) is 0 Å². The zero-order valence-corrected chi connectivity index (χ0v) is 13.0. The van der Waals surface area contributed by atoms with Gasteiger partial charge >= 0.3 is 6.03 Å². The van der Waals surface area contributed by atoms with Gasteiger partial charge in [0.05, 0.1) is 0 Å². The van der Waals surface area contributed by atoms with E-state index in [1.54, 1.807) is 0 Å². The van der Waals surface area contributed by atoms with Gasteiger partial charge in [0.15, 0.2) is 0 Å². The predicted molar refractivity (Wildman–Crippen MR) is 90.0 cm³/mol. The standard InChI is InChI=1S/C18H25N3O/c22-18(19-15-7-3-1-4-8-15)20-16-11-13-21(14-12-16)17-9-5-2-6-10-17/h1,3-5,7-9,16-17H,2,6,10-14H2,(H2,19,20,22)/t17-/m1/s1. The molecule has 118 valence electrons. The maximum Gasteiger partial charge on any atom is 0.319 e. The monoisotopic (exact) mass is 299 g/mol. The minimum Gasteiger partial charge on any atom is -0.335 e. The van der Waals surface area contributed by atoms with E-state index in [9.17, 15) is 4.79 Å². The van der Waals surface area contributed by atoms with E-state index in [1.165, 1.54) is 19.3 Å². The fourth-order valence-electron chi connectivity index (χ4n) is 3.35. The van der Waals surface area contributed by atoms with E-state index in [1.807, 2.05) is 30.3 Å². The Labute approximate surface area is 132 Å². The van der Waals surface area contributed by atoms with Crippen LogP contribution < -0.4 is 10.6 Å². The summed E-state index contributed by atoms with van der Waals surface area (Å²) in [5.41, 5.74) is 0.838. The Kier molecular flexibility index (Phi) is 5.11. The number of anilines is 1. The van der Waals surface area contributed by atoms with Crippen molar-refractivity contribution in [1.82, 2.24) is 10.2 Å². The summed E-state index contributed by atoms with van der Waals surface area (Å²) in [5.74, 6) is 0. The van der Waals surface area contributed by atoms with Crippen molar-refractivity contribution in [1.29, 1.82) is 0 Å². The molecule has 1 aliphatic heterocycles. The third kappa shape index (κ3) is 4.10. The topological polar surface area (TPSA) is 44.4 Å². The Balaban J connectivity index is 1.42. The number of nitrogens with one attached hydrogen (secondary N) is 2. The van der Waals surface area contributed by atoms with E-state index < -0.39 is 0 Å².